The van der Waals surface area contributed by atoms with E-state index in [1.165, 1.54) is 4.73 Å². The molecular weight excluding hydrogens is 340 g/mol. The van der Waals surface area contributed by atoms with Crippen LogP contribution in [-0.2, 0) is 4.74 Å². The van der Waals surface area contributed by atoms with Crippen molar-refractivity contribution in [1.29, 1.82) is 0 Å². The van der Waals surface area contributed by atoms with E-state index in [9.17, 15) is 9.59 Å². The maximum atomic E-state index is 12.1. The molecule has 2 aromatic rings. The summed E-state index contributed by atoms with van der Waals surface area (Å²) in [5.41, 5.74) is 1.90. The zero-order valence-electron chi connectivity index (χ0n) is 11.9. The molecule has 0 saturated carbocycles. The van der Waals surface area contributed by atoms with E-state index in [-0.39, 0.29) is 12.3 Å². The molecule has 0 spiro atoms. The van der Waals surface area contributed by atoms with E-state index >= 15 is 0 Å². The summed E-state index contributed by atoms with van der Waals surface area (Å²) in [5.74, 6) is -1.14. The molecule has 0 aliphatic carbocycles. The first kappa shape index (κ1) is 15.4. The number of nitrogens with zero attached hydrogens (tertiary/aromatic N) is 1. The molecule has 0 aromatic carbocycles. The van der Waals surface area contributed by atoms with Crippen molar-refractivity contribution in [2.45, 2.75) is 20.8 Å². The Hall–Kier alpha value is -2.02. The van der Waals surface area contributed by atoms with E-state index in [1.807, 2.05) is 6.92 Å². The smallest absolute Gasteiger partial charge is 0.379 e. The third-order valence-corrected chi connectivity index (χ3v) is 3.65. The monoisotopic (exact) mass is 354 g/mol. The van der Waals surface area contributed by atoms with E-state index in [4.69, 9.17) is 9.57 Å². The number of esters is 1. The van der Waals surface area contributed by atoms with Crippen LogP contribution < -0.4 is 4.84 Å². The predicted molar refractivity (Wildman–Crippen MR) is 79.3 cm³/mol. The number of H-pyrrole nitrogens is 1. The average molecular weight is 355 g/mol. The number of hydrogen-bond acceptors (Lipinski definition) is 4. The fraction of sp³-hybridized carbons (Fsp3) is 0.286. The summed E-state index contributed by atoms with van der Waals surface area (Å²) in [6, 6.07) is 4.94. The normalized spacial score (nSPS) is 10.5. The molecule has 2 heterocycles. The number of carbonyl (C=O) groups excluding carboxylic acids is 2. The Morgan fingerprint density at radius 1 is 1.29 bits per heavy atom. The first-order valence-corrected chi connectivity index (χ1v) is 7.16. The number of rotatable bonds is 4. The van der Waals surface area contributed by atoms with E-state index in [0.717, 1.165) is 5.69 Å². The van der Waals surface area contributed by atoms with Crippen molar-refractivity contribution in [3.05, 3.63) is 45.4 Å². The van der Waals surface area contributed by atoms with Crippen LogP contribution in [0, 0.1) is 13.8 Å². The maximum absolute atomic E-state index is 12.1. The number of carbonyl (C=O) groups is 2. The molecule has 2 aromatic heterocycles. The Balaban J connectivity index is 2.30. The van der Waals surface area contributed by atoms with Gasteiger partial charge in [-0.15, -0.1) is 0 Å². The van der Waals surface area contributed by atoms with Crippen molar-refractivity contribution >= 4 is 27.9 Å². The first-order chi connectivity index (χ1) is 9.93. The van der Waals surface area contributed by atoms with Gasteiger partial charge in [-0.3, -0.25) is 0 Å². The molecule has 6 nitrogen and oxygen atoms in total. The Labute approximate surface area is 130 Å². The minimum atomic E-state index is -0.583. The number of aromatic amines is 1. The van der Waals surface area contributed by atoms with Crippen LogP contribution in [0.2, 0.25) is 0 Å². The van der Waals surface area contributed by atoms with Gasteiger partial charge in [0.05, 0.1) is 12.3 Å². The van der Waals surface area contributed by atoms with E-state index in [0.29, 0.717) is 15.9 Å². The average Bonchev–Trinajstić information content (AvgIpc) is 2.98. The summed E-state index contributed by atoms with van der Waals surface area (Å²) >= 11 is 3.31. The van der Waals surface area contributed by atoms with Crippen LogP contribution in [0.3, 0.4) is 0 Å². The van der Waals surface area contributed by atoms with Gasteiger partial charge >= 0.3 is 11.9 Å². The van der Waals surface area contributed by atoms with E-state index < -0.39 is 11.9 Å². The second-order valence-corrected chi connectivity index (χ2v) is 5.27. The molecule has 112 valence electrons. The van der Waals surface area contributed by atoms with Crippen molar-refractivity contribution < 1.29 is 19.2 Å². The number of ether oxygens (including phenoxy) is 1. The van der Waals surface area contributed by atoms with Crippen LogP contribution in [0.1, 0.15) is 39.3 Å². The minimum absolute atomic E-state index is 0.151. The van der Waals surface area contributed by atoms with Crippen molar-refractivity contribution in [2.24, 2.45) is 0 Å². The quantitative estimate of drug-likeness (QED) is 0.856. The number of aryl methyl sites for hydroxylation is 1. The lowest BCUT2D eigenvalue weighted by Gasteiger charge is -2.10. The molecule has 7 heteroatoms. The number of aromatic nitrogens is 2. The molecule has 0 aliphatic heterocycles. The Morgan fingerprint density at radius 3 is 2.57 bits per heavy atom. The van der Waals surface area contributed by atoms with Crippen LogP contribution in [0.4, 0.5) is 0 Å². The first-order valence-electron chi connectivity index (χ1n) is 6.37. The fourth-order valence-corrected chi connectivity index (χ4v) is 2.16. The summed E-state index contributed by atoms with van der Waals surface area (Å²) in [5, 5.41) is 0. The van der Waals surface area contributed by atoms with Crippen LogP contribution in [-0.4, -0.2) is 28.3 Å². The van der Waals surface area contributed by atoms with Crippen LogP contribution in [0.5, 0.6) is 0 Å². The Morgan fingerprint density at radius 2 is 2.00 bits per heavy atom. The van der Waals surface area contributed by atoms with Gasteiger partial charge in [0.25, 0.3) is 0 Å². The van der Waals surface area contributed by atoms with Gasteiger partial charge in [0.1, 0.15) is 5.69 Å². The SMILES string of the molecule is CCOC(=O)c1cc(Br)c(C)n1OC(=O)c1ccc(C)[nH]1. The van der Waals surface area contributed by atoms with Crippen molar-refractivity contribution in [1.82, 2.24) is 9.71 Å². The standard InChI is InChI=1S/C14H15BrN2O4/c1-4-20-14(19)12-7-10(15)9(3)17(12)21-13(18)11-6-5-8(2)16-11/h5-7,16H,4H2,1-3H3. The highest BCUT2D eigenvalue weighted by Crippen LogP contribution is 2.21. The van der Waals surface area contributed by atoms with Gasteiger partial charge in [-0.2, -0.15) is 4.73 Å². The largest absolute Gasteiger partial charge is 0.461 e. The van der Waals surface area contributed by atoms with E-state index in [2.05, 4.69) is 20.9 Å². The minimum Gasteiger partial charge on any atom is -0.461 e. The van der Waals surface area contributed by atoms with Crippen molar-refractivity contribution in [3.63, 3.8) is 0 Å². The second-order valence-electron chi connectivity index (χ2n) is 4.41. The second kappa shape index (κ2) is 6.17. The number of hydrogen-bond donors (Lipinski definition) is 1. The molecule has 0 amide bonds. The van der Waals surface area contributed by atoms with Gasteiger partial charge in [0, 0.05) is 10.2 Å². The molecule has 0 fully saturated rings. The molecule has 0 aliphatic rings. The number of halogens is 1. The molecule has 1 N–H and O–H groups in total. The number of nitrogens with one attached hydrogen (secondary N) is 1. The maximum Gasteiger partial charge on any atom is 0.379 e. The highest BCUT2D eigenvalue weighted by atomic mass is 79.9. The Kier molecular flexibility index (Phi) is 4.52. The molecule has 0 atom stereocenters. The summed E-state index contributed by atoms with van der Waals surface area (Å²) < 4.78 is 6.77. The highest BCUT2D eigenvalue weighted by Gasteiger charge is 2.22. The van der Waals surface area contributed by atoms with Crippen LogP contribution in [0.15, 0.2) is 22.7 Å². The topological polar surface area (TPSA) is 73.3 Å². The Bertz CT molecular complexity index is 687. The molecule has 21 heavy (non-hydrogen) atoms. The molecule has 0 unspecified atom stereocenters. The third kappa shape index (κ3) is 3.18. The highest BCUT2D eigenvalue weighted by molar-refractivity contribution is 9.10. The van der Waals surface area contributed by atoms with Gasteiger partial charge in [0.15, 0.2) is 5.69 Å². The van der Waals surface area contributed by atoms with Crippen LogP contribution >= 0.6 is 15.9 Å². The third-order valence-electron chi connectivity index (χ3n) is 2.84. The lowest BCUT2D eigenvalue weighted by molar-refractivity contribution is 0.0362. The molecule has 0 bridgehead atoms. The van der Waals surface area contributed by atoms with Crippen LogP contribution in [0.25, 0.3) is 0 Å². The zero-order valence-corrected chi connectivity index (χ0v) is 13.5. The van der Waals surface area contributed by atoms with Gasteiger partial charge in [-0.05, 0) is 54.9 Å². The zero-order chi connectivity index (χ0) is 15.6. The van der Waals surface area contributed by atoms with Gasteiger partial charge in [0.2, 0.25) is 0 Å². The van der Waals surface area contributed by atoms with Crippen molar-refractivity contribution in [2.75, 3.05) is 6.61 Å². The molecule has 0 radical (unpaired) electrons. The summed E-state index contributed by atoms with van der Waals surface area (Å²) in [4.78, 5) is 32.1. The predicted octanol–water partition coefficient (Wildman–Crippen LogP) is 2.64. The van der Waals surface area contributed by atoms with Gasteiger partial charge in [-0.25, -0.2) is 9.59 Å². The van der Waals surface area contributed by atoms with Gasteiger partial charge in [-0.1, -0.05) is 0 Å². The lowest BCUT2D eigenvalue weighted by Crippen LogP contribution is -2.25. The summed E-state index contributed by atoms with van der Waals surface area (Å²) in [7, 11) is 0. The van der Waals surface area contributed by atoms with E-state index in [1.54, 1.807) is 32.0 Å². The lowest BCUT2D eigenvalue weighted by atomic mass is 10.4. The van der Waals surface area contributed by atoms with Gasteiger partial charge < -0.3 is 14.6 Å². The molecule has 2 rings (SSSR count). The molecular formula is C14H15BrN2O4. The summed E-state index contributed by atoms with van der Waals surface area (Å²) in [6.07, 6.45) is 0. The van der Waals surface area contributed by atoms with Crippen molar-refractivity contribution in [3.8, 4) is 0 Å². The summed E-state index contributed by atoms with van der Waals surface area (Å²) in [6.45, 7) is 5.50. The molecule has 0 saturated heterocycles. The fourth-order valence-electron chi connectivity index (χ4n) is 1.78.